The second-order valence-electron chi connectivity index (χ2n) is 10.0. The maximum atomic E-state index is 14.0. The summed E-state index contributed by atoms with van der Waals surface area (Å²) in [4.78, 5) is 13.1. The number of benzene rings is 3. The first-order chi connectivity index (χ1) is 20.8. The van der Waals surface area contributed by atoms with Crippen LogP contribution in [0.5, 0.6) is 0 Å². The van der Waals surface area contributed by atoms with Crippen LogP contribution in [0.3, 0.4) is 0 Å². The molecule has 0 unspecified atom stereocenters. The minimum Gasteiger partial charge on any atom is -0.311 e. The quantitative estimate of drug-likeness (QED) is 0.172. The zero-order valence-electron chi connectivity index (χ0n) is 24.5. The number of rotatable bonds is 6. The molecule has 0 bridgehead atoms. The largest absolute Gasteiger partial charge is 3.00 e. The summed E-state index contributed by atoms with van der Waals surface area (Å²) in [7, 11) is -6.13. The summed E-state index contributed by atoms with van der Waals surface area (Å²) in [6.07, 6.45) is 5.08. The topological polar surface area (TPSA) is 72.8 Å². The Morgan fingerprint density at radius 2 is 0.795 bits per heavy atom. The second-order valence-corrected chi connectivity index (χ2v) is 15.3. The molecule has 220 valence electrons. The molecule has 0 aliphatic rings. The van der Waals surface area contributed by atoms with Gasteiger partial charge in [0, 0.05) is 18.6 Å². The molecule has 8 heteroatoms. The molecule has 0 saturated carbocycles. The minimum atomic E-state index is -3.11. The van der Waals surface area contributed by atoms with Crippen LogP contribution in [-0.4, -0.2) is 15.0 Å². The van der Waals surface area contributed by atoms with E-state index in [1.807, 2.05) is 112 Å². The van der Waals surface area contributed by atoms with Gasteiger partial charge in [0.15, 0.2) is 7.14 Å². The molecule has 0 fully saturated rings. The summed E-state index contributed by atoms with van der Waals surface area (Å²) in [6, 6.07) is 42.6. The molecular weight excluding hydrogens is 761 g/mol. The molecule has 3 aromatic heterocycles. The molecule has 0 amide bonds. The van der Waals surface area contributed by atoms with Crippen molar-refractivity contribution in [2.75, 3.05) is 0 Å². The van der Waals surface area contributed by atoms with Gasteiger partial charge in [-0.2, -0.15) is 91.0 Å². The van der Waals surface area contributed by atoms with Gasteiger partial charge in [0.2, 0.25) is 0 Å². The number of aryl methyl sites for hydroxylation is 3. The molecule has 3 aromatic carbocycles. The molecule has 0 spiro atoms. The van der Waals surface area contributed by atoms with Crippen LogP contribution < -0.4 is 32.2 Å². The fourth-order valence-corrected chi connectivity index (χ4v) is 9.54. The van der Waals surface area contributed by atoms with Crippen molar-refractivity contribution >= 4 is 46.5 Å². The van der Waals surface area contributed by atoms with Crippen molar-refractivity contribution < 1.29 is 29.2 Å². The molecule has 0 atom stereocenters. The van der Waals surface area contributed by atoms with Crippen LogP contribution in [-0.2, 0) is 29.2 Å². The van der Waals surface area contributed by atoms with E-state index < -0.39 is 14.3 Å². The van der Waals surface area contributed by atoms with Crippen molar-refractivity contribution in [2.24, 2.45) is 0 Å². The van der Waals surface area contributed by atoms with Gasteiger partial charge in [-0.25, -0.2) is 0 Å². The molecule has 6 rings (SSSR count). The molecule has 3 heterocycles. The van der Waals surface area contributed by atoms with E-state index in [1.165, 1.54) is 0 Å². The van der Waals surface area contributed by atoms with Gasteiger partial charge in [-0.05, 0) is 73.9 Å². The molecule has 6 aromatic rings. The van der Waals surface area contributed by atoms with E-state index in [-0.39, 0.29) is 20.1 Å². The SMILES string of the molecule is Cc1ccnc(P(=O)(c2[c-]cccc2)c2[c-]cccc2)c1.Cc1ccnc(P(=O)(c2[c-]cccc2)c2cc(C)ccn2)c1.[Ir+3]. The second kappa shape index (κ2) is 14.8. The predicted molar refractivity (Wildman–Crippen MR) is 176 cm³/mol. The van der Waals surface area contributed by atoms with Crippen LogP contribution in [0.1, 0.15) is 16.7 Å². The third-order valence-electron chi connectivity index (χ3n) is 6.77. The summed E-state index contributed by atoms with van der Waals surface area (Å²) in [5, 5.41) is 1.95. The zero-order valence-corrected chi connectivity index (χ0v) is 28.7. The fraction of sp³-hybridized carbons (Fsp3) is 0.0833. The van der Waals surface area contributed by atoms with E-state index in [0.29, 0.717) is 32.2 Å². The van der Waals surface area contributed by atoms with Crippen molar-refractivity contribution in [3.63, 3.8) is 0 Å². The summed E-state index contributed by atoms with van der Waals surface area (Å²) >= 11 is 0. The number of nitrogens with zero attached hydrogens (tertiary/aromatic N) is 3. The van der Waals surface area contributed by atoms with E-state index in [2.05, 4.69) is 33.2 Å². The van der Waals surface area contributed by atoms with Gasteiger partial charge in [-0.1, -0.05) is 15.9 Å². The number of hydrogen-bond acceptors (Lipinski definition) is 5. The standard InChI is InChI=1S/C18H16N2OP.C18H14NOP.Ir/c1-14-8-10-19-17(12-14)22(21,16-6-4-3-5-7-16)18-13-15(2)9-11-20-18;1-15-12-13-19-18(14-15)21(20,16-8-4-2-5-9-16)17-10-6-3-7-11-17;/h3-6,8-13H,1-2H3;2-8,10,12-14H,1H3;/q-1;-2;+3. The summed E-state index contributed by atoms with van der Waals surface area (Å²) < 4.78 is 27.8. The van der Waals surface area contributed by atoms with E-state index >= 15 is 0 Å². The van der Waals surface area contributed by atoms with Crippen LogP contribution in [0, 0.1) is 39.0 Å². The number of hydrogen-bond donors (Lipinski definition) is 0. The summed E-state index contributed by atoms with van der Waals surface area (Å²) in [6.45, 7) is 5.90. The van der Waals surface area contributed by atoms with Gasteiger partial charge in [0.25, 0.3) is 0 Å². The zero-order chi connectivity index (χ0) is 30.3. The third kappa shape index (κ3) is 7.12. The maximum absolute atomic E-state index is 14.0. The van der Waals surface area contributed by atoms with Gasteiger partial charge in [0.1, 0.15) is 23.4 Å². The Labute approximate surface area is 273 Å². The van der Waals surface area contributed by atoms with E-state index in [0.717, 1.165) is 16.7 Å². The Balaban J connectivity index is 0.000000197. The summed E-state index contributed by atoms with van der Waals surface area (Å²) in [5.74, 6) is 0. The Kier molecular flexibility index (Phi) is 11.1. The molecule has 0 N–H and O–H groups in total. The smallest absolute Gasteiger partial charge is 0.311 e. The van der Waals surface area contributed by atoms with E-state index in [1.54, 1.807) is 36.8 Å². The molecule has 0 saturated heterocycles. The normalized spacial score (nSPS) is 11.1. The fourth-order valence-electron chi connectivity index (χ4n) is 4.56. The minimum absolute atomic E-state index is 0. The molecular formula is C36H30IrN3O2P2. The van der Waals surface area contributed by atoms with Gasteiger partial charge < -0.3 is 9.13 Å². The van der Waals surface area contributed by atoms with Gasteiger partial charge in [-0.3, -0.25) is 15.0 Å². The molecule has 44 heavy (non-hydrogen) atoms. The Bertz CT molecular complexity index is 1830. The van der Waals surface area contributed by atoms with Crippen LogP contribution in [0.2, 0.25) is 0 Å². The van der Waals surface area contributed by atoms with Crippen LogP contribution in [0.4, 0.5) is 0 Å². The van der Waals surface area contributed by atoms with Gasteiger partial charge >= 0.3 is 20.1 Å². The van der Waals surface area contributed by atoms with Gasteiger partial charge in [-0.15, -0.1) is 0 Å². The first-order valence-corrected chi connectivity index (χ1v) is 17.1. The van der Waals surface area contributed by atoms with Crippen molar-refractivity contribution in [2.45, 2.75) is 20.8 Å². The average Bonchev–Trinajstić information content (AvgIpc) is 3.05. The van der Waals surface area contributed by atoms with Crippen LogP contribution in [0.15, 0.2) is 128 Å². The Morgan fingerprint density at radius 3 is 1.09 bits per heavy atom. The third-order valence-corrected chi connectivity index (χ3v) is 12.3. The number of pyridine rings is 3. The van der Waals surface area contributed by atoms with Crippen LogP contribution >= 0.6 is 14.3 Å². The molecule has 0 aliphatic heterocycles. The average molecular weight is 791 g/mol. The first kappa shape index (κ1) is 33.1. The first-order valence-electron chi connectivity index (χ1n) is 13.7. The molecule has 5 nitrogen and oxygen atoms in total. The monoisotopic (exact) mass is 791 g/mol. The molecule has 0 aliphatic carbocycles. The molecule has 0 radical (unpaired) electrons. The number of aromatic nitrogens is 3. The van der Waals surface area contributed by atoms with Crippen molar-refractivity contribution in [1.29, 1.82) is 0 Å². The van der Waals surface area contributed by atoms with Crippen molar-refractivity contribution in [3.05, 3.63) is 163 Å². The van der Waals surface area contributed by atoms with E-state index in [9.17, 15) is 9.13 Å². The van der Waals surface area contributed by atoms with Crippen LogP contribution in [0.25, 0.3) is 0 Å². The maximum Gasteiger partial charge on any atom is 3.00 e. The van der Waals surface area contributed by atoms with Crippen molar-refractivity contribution in [1.82, 2.24) is 15.0 Å². The predicted octanol–water partition coefficient (Wildman–Crippen LogP) is 5.16. The van der Waals surface area contributed by atoms with Gasteiger partial charge in [0.05, 0.1) is 0 Å². The summed E-state index contributed by atoms with van der Waals surface area (Å²) in [5.41, 5.74) is 4.75. The Hall–Kier alpha value is -3.78. The Morgan fingerprint density at radius 1 is 0.477 bits per heavy atom. The van der Waals surface area contributed by atoms with Crippen molar-refractivity contribution in [3.8, 4) is 0 Å². The van der Waals surface area contributed by atoms with E-state index in [4.69, 9.17) is 0 Å².